The molecule has 2 amide bonds. The molecule has 0 saturated heterocycles. The summed E-state index contributed by atoms with van der Waals surface area (Å²) in [4.78, 5) is 25.2. The lowest BCUT2D eigenvalue weighted by Gasteiger charge is -2.23. The molecular weight excluding hydrogens is 370 g/mol. The number of carbonyl (C=O) groups is 2. The fraction of sp³-hybridized carbons (Fsp3) is 0.318. The lowest BCUT2D eigenvalue weighted by Crippen LogP contribution is -2.45. The third kappa shape index (κ3) is 5.26. The highest BCUT2D eigenvalue weighted by molar-refractivity contribution is 6.10. The minimum atomic E-state index is -1.31. The summed E-state index contributed by atoms with van der Waals surface area (Å²) in [7, 11) is 3.13. The van der Waals surface area contributed by atoms with Gasteiger partial charge in [0.15, 0.2) is 11.5 Å². The zero-order chi connectivity index (χ0) is 21.4. The van der Waals surface area contributed by atoms with Gasteiger partial charge in [-0.25, -0.2) is 0 Å². The standard InChI is InChI=1S/C22H25N3O4/c1-22(2,21(27)25-17-8-6-5-7-16(17)14-23)20(26)24-12-11-15-9-10-18(28-3)19(13-15)29-4/h5-10,13H,11-12H2,1-4H3,(H,24,26)(H,25,27). The molecule has 2 aromatic carbocycles. The van der Waals surface area contributed by atoms with Gasteiger partial charge in [-0.05, 0) is 50.1 Å². The maximum absolute atomic E-state index is 12.6. The maximum atomic E-state index is 12.6. The SMILES string of the molecule is COc1ccc(CCNC(=O)C(C)(C)C(=O)Nc2ccccc2C#N)cc1OC. The first-order valence-corrected chi connectivity index (χ1v) is 9.13. The molecule has 0 bridgehead atoms. The van der Waals surface area contributed by atoms with Crippen molar-refractivity contribution in [1.29, 1.82) is 5.26 Å². The number of hydrogen-bond donors (Lipinski definition) is 2. The number of hydrogen-bond acceptors (Lipinski definition) is 5. The van der Waals surface area contributed by atoms with E-state index < -0.39 is 17.2 Å². The number of para-hydroxylation sites is 1. The van der Waals surface area contributed by atoms with E-state index in [0.717, 1.165) is 5.56 Å². The van der Waals surface area contributed by atoms with Gasteiger partial charge < -0.3 is 20.1 Å². The van der Waals surface area contributed by atoms with Crippen molar-refractivity contribution in [2.24, 2.45) is 5.41 Å². The zero-order valence-electron chi connectivity index (χ0n) is 17.0. The summed E-state index contributed by atoms with van der Waals surface area (Å²) in [5.41, 5.74) is 0.380. The highest BCUT2D eigenvalue weighted by Gasteiger charge is 2.36. The Morgan fingerprint density at radius 1 is 1.03 bits per heavy atom. The summed E-state index contributed by atoms with van der Waals surface area (Å²) in [5.74, 6) is 0.372. The van der Waals surface area contributed by atoms with Crippen molar-refractivity contribution >= 4 is 17.5 Å². The molecule has 7 heteroatoms. The van der Waals surface area contributed by atoms with E-state index in [0.29, 0.717) is 35.7 Å². The third-order valence-corrected chi connectivity index (χ3v) is 4.58. The van der Waals surface area contributed by atoms with E-state index in [-0.39, 0.29) is 0 Å². The van der Waals surface area contributed by atoms with Gasteiger partial charge in [-0.15, -0.1) is 0 Å². The minimum Gasteiger partial charge on any atom is -0.493 e. The molecule has 0 radical (unpaired) electrons. The molecule has 0 unspecified atom stereocenters. The lowest BCUT2D eigenvalue weighted by molar-refractivity contribution is -0.138. The molecule has 0 aliphatic carbocycles. The summed E-state index contributed by atoms with van der Waals surface area (Å²) in [6, 6.07) is 14.2. The van der Waals surface area contributed by atoms with Crippen molar-refractivity contribution in [2.75, 3.05) is 26.1 Å². The molecule has 0 spiro atoms. The molecule has 152 valence electrons. The maximum Gasteiger partial charge on any atom is 0.239 e. The highest BCUT2D eigenvalue weighted by atomic mass is 16.5. The second-order valence-electron chi connectivity index (χ2n) is 6.93. The predicted molar refractivity (Wildman–Crippen MR) is 110 cm³/mol. The Balaban J connectivity index is 1.97. The molecule has 0 aliphatic heterocycles. The second kappa shape index (κ2) is 9.60. The van der Waals surface area contributed by atoms with Gasteiger partial charge in [0, 0.05) is 6.54 Å². The van der Waals surface area contributed by atoms with Crippen LogP contribution in [0.5, 0.6) is 11.5 Å². The van der Waals surface area contributed by atoms with Crippen molar-refractivity contribution in [3.63, 3.8) is 0 Å². The van der Waals surface area contributed by atoms with Crippen LogP contribution in [0.1, 0.15) is 25.0 Å². The van der Waals surface area contributed by atoms with Crippen LogP contribution in [0.25, 0.3) is 0 Å². The van der Waals surface area contributed by atoms with Crippen molar-refractivity contribution in [3.8, 4) is 17.6 Å². The summed E-state index contributed by atoms with van der Waals surface area (Å²) in [5, 5.41) is 14.6. The van der Waals surface area contributed by atoms with Gasteiger partial charge in [0.25, 0.3) is 0 Å². The number of nitriles is 1. The molecule has 0 fully saturated rings. The van der Waals surface area contributed by atoms with E-state index in [9.17, 15) is 9.59 Å². The number of methoxy groups -OCH3 is 2. The van der Waals surface area contributed by atoms with E-state index in [1.165, 1.54) is 0 Å². The summed E-state index contributed by atoms with van der Waals surface area (Å²) >= 11 is 0. The van der Waals surface area contributed by atoms with E-state index in [4.69, 9.17) is 14.7 Å². The Hall–Kier alpha value is -3.53. The van der Waals surface area contributed by atoms with Crippen molar-refractivity contribution in [3.05, 3.63) is 53.6 Å². The normalized spacial score (nSPS) is 10.6. The number of nitrogens with one attached hydrogen (secondary N) is 2. The number of rotatable bonds is 8. The average Bonchev–Trinajstić information content (AvgIpc) is 2.73. The van der Waals surface area contributed by atoms with Gasteiger partial charge in [-0.2, -0.15) is 5.26 Å². The van der Waals surface area contributed by atoms with Gasteiger partial charge in [-0.3, -0.25) is 9.59 Å². The minimum absolute atomic E-state index is 0.338. The van der Waals surface area contributed by atoms with Gasteiger partial charge in [0.2, 0.25) is 11.8 Å². The van der Waals surface area contributed by atoms with Crippen LogP contribution in [0, 0.1) is 16.7 Å². The Morgan fingerprint density at radius 3 is 2.38 bits per heavy atom. The lowest BCUT2D eigenvalue weighted by atomic mass is 9.90. The van der Waals surface area contributed by atoms with Crippen LogP contribution in [0.3, 0.4) is 0 Å². The number of anilines is 1. The van der Waals surface area contributed by atoms with Gasteiger partial charge in [0.05, 0.1) is 25.5 Å². The van der Waals surface area contributed by atoms with Crippen LogP contribution < -0.4 is 20.1 Å². The third-order valence-electron chi connectivity index (χ3n) is 4.58. The molecule has 0 aromatic heterocycles. The van der Waals surface area contributed by atoms with Crippen LogP contribution in [0.2, 0.25) is 0 Å². The van der Waals surface area contributed by atoms with Gasteiger partial charge in [0.1, 0.15) is 11.5 Å². The second-order valence-corrected chi connectivity index (χ2v) is 6.93. The van der Waals surface area contributed by atoms with Crippen LogP contribution in [-0.4, -0.2) is 32.6 Å². The number of benzene rings is 2. The number of amides is 2. The van der Waals surface area contributed by atoms with E-state index in [1.54, 1.807) is 58.4 Å². The molecular formula is C22H25N3O4. The topological polar surface area (TPSA) is 100 Å². The Bertz CT molecular complexity index is 932. The Morgan fingerprint density at radius 2 is 1.72 bits per heavy atom. The quantitative estimate of drug-likeness (QED) is 0.670. The van der Waals surface area contributed by atoms with Crippen molar-refractivity contribution < 1.29 is 19.1 Å². The summed E-state index contributed by atoms with van der Waals surface area (Å²) in [6.45, 7) is 3.45. The number of ether oxygens (including phenoxy) is 2. The first-order chi connectivity index (χ1) is 13.8. The molecule has 2 rings (SSSR count). The molecule has 29 heavy (non-hydrogen) atoms. The van der Waals surface area contributed by atoms with Crippen LogP contribution in [-0.2, 0) is 16.0 Å². The number of carbonyl (C=O) groups excluding carboxylic acids is 2. The first kappa shape index (κ1) is 21.8. The zero-order valence-corrected chi connectivity index (χ0v) is 17.0. The van der Waals surface area contributed by atoms with Gasteiger partial charge in [-0.1, -0.05) is 18.2 Å². The summed E-state index contributed by atoms with van der Waals surface area (Å²) in [6.07, 6.45) is 0.570. The first-order valence-electron chi connectivity index (χ1n) is 9.13. The monoisotopic (exact) mass is 395 g/mol. The number of nitrogens with zero attached hydrogens (tertiary/aromatic N) is 1. The Kier molecular flexibility index (Phi) is 7.21. The van der Waals surface area contributed by atoms with E-state index in [1.807, 2.05) is 18.2 Å². The van der Waals surface area contributed by atoms with E-state index >= 15 is 0 Å². The van der Waals surface area contributed by atoms with Crippen LogP contribution in [0.15, 0.2) is 42.5 Å². The Labute approximate surface area is 170 Å². The predicted octanol–water partition coefficient (Wildman–Crippen LogP) is 2.90. The fourth-order valence-electron chi connectivity index (χ4n) is 2.65. The van der Waals surface area contributed by atoms with Crippen LogP contribution in [0.4, 0.5) is 5.69 Å². The van der Waals surface area contributed by atoms with Crippen molar-refractivity contribution in [1.82, 2.24) is 5.32 Å². The van der Waals surface area contributed by atoms with Crippen LogP contribution >= 0.6 is 0 Å². The van der Waals surface area contributed by atoms with Gasteiger partial charge >= 0.3 is 0 Å². The smallest absolute Gasteiger partial charge is 0.239 e. The summed E-state index contributed by atoms with van der Waals surface area (Å²) < 4.78 is 10.5. The van der Waals surface area contributed by atoms with E-state index in [2.05, 4.69) is 10.6 Å². The molecule has 2 N–H and O–H groups in total. The largest absolute Gasteiger partial charge is 0.493 e. The highest BCUT2D eigenvalue weighted by Crippen LogP contribution is 2.27. The molecule has 7 nitrogen and oxygen atoms in total. The molecule has 2 aromatic rings. The molecule has 0 aliphatic rings. The fourth-order valence-corrected chi connectivity index (χ4v) is 2.65. The molecule has 0 heterocycles. The van der Waals surface area contributed by atoms with Crippen molar-refractivity contribution in [2.45, 2.75) is 20.3 Å². The molecule has 0 atom stereocenters. The average molecular weight is 395 g/mol. The molecule has 0 saturated carbocycles.